The van der Waals surface area contributed by atoms with Gasteiger partial charge >= 0.3 is 6.18 Å². The van der Waals surface area contributed by atoms with Crippen molar-refractivity contribution in [3.8, 4) is 12.3 Å². The van der Waals surface area contributed by atoms with Crippen molar-refractivity contribution < 1.29 is 18.0 Å². The van der Waals surface area contributed by atoms with E-state index in [1.807, 2.05) is 0 Å². The van der Waals surface area contributed by atoms with E-state index in [1.165, 1.54) is 6.07 Å². The normalized spacial score (nSPS) is 11.4. The van der Waals surface area contributed by atoms with Gasteiger partial charge in [-0.3, -0.25) is 10.1 Å². The van der Waals surface area contributed by atoms with Gasteiger partial charge in [-0.1, -0.05) is 11.8 Å². The number of halogens is 3. The second-order valence-electron chi connectivity index (χ2n) is 3.53. The van der Waals surface area contributed by atoms with E-state index in [1.54, 1.807) is 18.5 Å². The number of Topliss-reactive ketones (excluding diaryl/α,β-unsaturated/α-hetero) is 1. The number of carbonyl (C=O) groups is 1. The van der Waals surface area contributed by atoms with Crippen LogP contribution in [0.2, 0.25) is 0 Å². The number of amidine groups is 1. The van der Waals surface area contributed by atoms with Crippen molar-refractivity contribution in [2.45, 2.75) is 6.18 Å². The number of carbonyl (C=O) groups excluding carboxylic acids is 1. The Kier molecular flexibility index (Phi) is 5.33. The fourth-order valence-corrected chi connectivity index (χ4v) is 1.66. The molecule has 1 N–H and O–H groups in total. The topological polar surface area (TPSA) is 89.0 Å². The Labute approximate surface area is 122 Å². The molecule has 0 aliphatic heterocycles. The van der Waals surface area contributed by atoms with Gasteiger partial charge < -0.3 is 0 Å². The molecule has 0 aromatic heterocycles. The van der Waals surface area contributed by atoms with Crippen molar-refractivity contribution in [2.75, 3.05) is 6.26 Å². The molecule has 108 valence electrons. The molecular formula is C12H7F3N4OS. The minimum atomic E-state index is -5.08. The molecule has 21 heavy (non-hydrogen) atoms. The zero-order valence-corrected chi connectivity index (χ0v) is 11.3. The first-order valence-electron chi connectivity index (χ1n) is 5.27. The van der Waals surface area contributed by atoms with Gasteiger partial charge in [0.05, 0.1) is 22.9 Å². The first-order valence-corrected chi connectivity index (χ1v) is 6.49. The van der Waals surface area contributed by atoms with Gasteiger partial charge in [0.25, 0.3) is 5.78 Å². The van der Waals surface area contributed by atoms with Gasteiger partial charge in [-0.05, 0) is 24.5 Å². The molecule has 0 bridgehead atoms. The minimum Gasteiger partial charge on any atom is -0.284 e. The van der Waals surface area contributed by atoms with Crippen LogP contribution in [0.25, 0.3) is 0 Å². The third kappa shape index (κ3) is 4.23. The van der Waals surface area contributed by atoms with Crippen LogP contribution in [-0.4, -0.2) is 23.4 Å². The first-order chi connectivity index (χ1) is 9.83. The molecule has 0 heterocycles. The summed E-state index contributed by atoms with van der Waals surface area (Å²) in [7, 11) is 0. The maximum Gasteiger partial charge on any atom is 0.454 e. The van der Waals surface area contributed by atoms with Crippen molar-refractivity contribution >= 4 is 28.4 Å². The van der Waals surface area contributed by atoms with Gasteiger partial charge in [0, 0.05) is 0 Å². The number of rotatable bonds is 2. The molecule has 0 spiro atoms. The average Bonchev–Trinajstić information content (AvgIpc) is 2.45. The summed E-state index contributed by atoms with van der Waals surface area (Å²) in [6.07, 6.45) is -1.95. The second-order valence-corrected chi connectivity index (χ2v) is 4.32. The number of nitriles is 2. The summed E-state index contributed by atoms with van der Waals surface area (Å²) in [6.45, 7) is 0. The third-order valence-corrected chi connectivity index (χ3v) is 2.79. The summed E-state index contributed by atoms with van der Waals surface area (Å²) in [6, 6.07) is 4.82. The quantitative estimate of drug-likeness (QED) is 0.298. The SMILES string of the molecule is CSC(=Nc1ccc(C#N)cc1C(=O)C(F)(F)F)NC#N. The van der Waals surface area contributed by atoms with E-state index in [-0.39, 0.29) is 16.4 Å². The van der Waals surface area contributed by atoms with E-state index >= 15 is 0 Å². The largest absolute Gasteiger partial charge is 0.454 e. The lowest BCUT2D eigenvalue weighted by Gasteiger charge is -2.09. The number of aliphatic imine (C=N–C) groups is 1. The fourth-order valence-electron chi connectivity index (χ4n) is 1.32. The monoisotopic (exact) mass is 312 g/mol. The lowest BCUT2D eigenvalue weighted by Crippen LogP contribution is -2.23. The molecule has 1 aromatic rings. The molecule has 0 amide bonds. The van der Waals surface area contributed by atoms with E-state index in [9.17, 15) is 18.0 Å². The lowest BCUT2D eigenvalue weighted by atomic mass is 10.1. The molecular weight excluding hydrogens is 305 g/mol. The third-order valence-electron chi connectivity index (χ3n) is 2.21. The van der Waals surface area contributed by atoms with Crippen LogP contribution in [0.3, 0.4) is 0 Å². The van der Waals surface area contributed by atoms with Crippen LogP contribution in [0.1, 0.15) is 15.9 Å². The van der Waals surface area contributed by atoms with Crippen LogP contribution in [-0.2, 0) is 0 Å². The van der Waals surface area contributed by atoms with Crippen LogP contribution >= 0.6 is 11.8 Å². The highest BCUT2D eigenvalue weighted by molar-refractivity contribution is 8.13. The number of ketones is 1. The van der Waals surface area contributed by atoms with Crippen molar-refractivity contribution in [2.24, 2.45) is 4.99 Å². The van der Waals surface area contributed by atoms with Crippen LogP contribution < -0.4 is 5.32 Å². The highest BCUT2D eigenvalue weighted by Gasteiger charge is 2.40. The van der Waals surface area contributed by atoms with Crippen molar-refractivity contribution in [1.29, 1.82) is 10.5 Å². The summed E-state index contributed by atoms with van der Waals surface area (Å²) in [5.41, 5.74) is -1.11. The molecule has 0 atom stereocenters. The molecule has 5 nitrogen and oxygen atoms in total. The van der Waals surface area contributed by atoms with Crippen LogP contribution in [0.4, 0.5) is 18.9 Å². The Morgan fingerprint density at radius 3 is 2.52 bits per heavy atom. The highest BCUT2D eigenvalue weighted by Crippen LogP contribution is 2.29. The lowest BCUT2D eigenvalue weighted by molar-refractivity contribution is -0.0884. The predicted molar refractivity (Wildman–Crippen MR) is 70.9 cm³/mol. The number of nitrogens with one attached hydrogen (secondary N) is 1. The summed E-state index contributed by atoms with van der Waals surface area (Å²) >= 11 is 0.986. The molecule has 0 unspecified atom stereocenters. The summed E-state index contributed by atoms with van der Waals surface area (Å²) in [5.74, 6) is -2.10. The summed E-state index contributed by atoms with van der Waals surface area (Å²) in [4.78, 5) is 15.2. The van der Waals surface area contributed by atoms with Gasteiger partial charge in [-0.2, -0.15) is 23.7 Å². The zero-order valence-electron chi connectivity index (χ0n) is 10.5. The first kappa shape index (κ1) is 16.5. The van der Waals surface area contributed by atoms with Gasteiger partial charge in [0.1, 0.15) is 0 Å². The molecule has 0 saturated heterocycles. The van der Waals surface area contributed by atoms with Gasteiger partial charge in [0.15, 0.2) is 11.4 Å². The Balaban J connectivity index is 3.43. The van der Waals surface area contributed by atoms with Crippen molar-refractivity contribution in [3.05, 3.63) is 29.3 Å². The molecule has 0 aliphatic rings. The molecule has 0 radical (unpaired) electrons. The van der Waals surface area contributed by atoms with Gasteiger partial charge in [0.2, 0.25) is 0 Å². The fraction of sp³-hybridized carbons (Fsp3) is 0.167. The van der Waals surface area contributed by atoms with E-state index in [2.05, 4.69) is 10.3 Å². The second kappa shape index (κ2) is 6.77. The molecule has 0 aliphatic carbocycles. The predicted octanol–water partition coefficient (Wildman–Crippen LogP) is 2.72. The summed E-state index contributed by atoms with van der Waals surface area (Å²) < 4.78 is 37.7. The standard InChI is InChI=1S/C12H7F3N4OS/c1-21-11(18-6-17)19-9-3-2-7(5-16)4-8(9)10(20)12(13,14)15/h2-4H,1H3,(H,18,19). The van der Waals surface area contributed by atoms with E-state index in [0.717, 1.165) is 23.9 Å². The van der Waals surface area contributed by atoms with Crippen molar-refractivity contribution in [3.63, 3.8) is 0 Å². The van der Waals surface area contributed by atoms with Crippen LogP contribution in [0, 0.1) is 22.8 Å². The number of thioether (sulfide) groups is 1. The highest BCUT2D eigenvalue weighted by atomic mass is 32.2. The van der Waals surface area contributed by atoms with Crippen LogP contribution in [0.15, 0.2) is 23.2 Å². The van der Waals surface area contributed by atoms with E-state index in [0.29, 0.717) is 0 Å². The minimum absolute atomic E-state index is 0.0263. The Bertz CT molecular complexity index is 671. The number of benzene rings is 1. The number of hydrogen-bond donors (Lipinski definition) is 1. The molecule has 1 aromatic carbocycles. The number of nitrogens with zero attached hydrogens (tertiary/aromatic N) is 3. The van der Waals surface area contributed by atoms with Crippen molar-refractivity contribution in [1.82, 2.24) is 5.32 Å². The number of hydrogen-bond acceptors (Lipinski definition) is 5. The Hall–Kier alpha value is -2.52. The van der Waals surface area contributed by atoms with Crippen LogP contribution in [0.5, 0.6) is 0 Å². The Morgan fingerprint density at radius 2 is 2.05 bits per heavy atom. The zero-order chi connectivity index (χ0) is 16.0. The smallest absolute Gasteiger partial charge is 0.284 e. The molecule has 9 heteroatoms. The summed E-state index contributed by atoms with van der Waals surface area (Å²) in [5, 5.41) is 19.4. The maximum absolute atomic E-state index is 12.6. The van der Waals surface area contributed by atoms with E-state index < -0.39 is 17.5 Å². The van der Waals surface area contributed by atoms with E-state index in [4.69, 9.17) is 10.5 Å². The Morgan fingerprint density at radius 1 is 1.38 bits per heavy atom. The molecule has 0 fully saturated rings. The number of alkyl halides is 3. The molecule has 0 saturated carbocycles. The van der Waals surface area contributed by atoms with Gasteiger partial charge in [-0.15, -0.1) is 0 Å². The average molecular weight is 312 g/mol. The van der Waals surface area contributed by atoms with Gasteiger partial charge in [-0.25, -0.2) is 4.99 Å². The maximum atomic E-state index is 12.6. The molecule has 1 rings (SSSR count).